The van der Waals surface area contributed by atoms with Crippen LogP contribution in [-0.2, 0) is 4.74 Å². The Bertz CT molecular complexity index is 334. The van der Waals surface area contributed by atoms with Crippen molar-refractivity contribution in [3.63, 3.8) is 0 Å². The minimum absolute atomic E-state index is 0.589. The molecule has 14 heavy (non-hydrogen) atoms. The molecule has 0 saturated heterocycles. The van der Waals surface area contributed by atoms with Crippen LogP contribution in [0.5, 0.6) is 5.75 Å². The molecule has 3 heteroatoms. The fourth-order valence-electron chi connectivity index (χ4n) is 1.17. The average molecular weight is 193 g/mol. The molecule has 76 valence electrons. The number of hydrogen-bond donors (Lipinski definition) is 1. The molecule has 0 atom stereocenters. The van der Waals surface area contributed by atoms with Gasteiger partial charge in [-0.3, -0.25) is 0 Å². The summed E-state index contributed by atoms with van der Waals surface area (Å²) in [6.45, 7) is 6.31. The van der Waals surface area contributed by atoms with Gasteiger partial charge in [0.15, 0.2) is 0 Å². The molecular weight excluding hydrogens is 178 g/mol. The van der Waals surface area contributed by atoms with Crippen molar-refractivity contribution in [3.05, 3.63) is 30.3 Å². The summed E-state index contributed by atoms with van der Waals surface area (Å²) >= 11 is 0. The zero-order chi connectivity index (χ0) is 10.6. The van der Waals surface area contributed by atoms with Gasteiger partial charge in [-0.15, -0.1) is 0 Å². The third kappa shape index (κ3) is 2.19. The molecule has 1 aromatic rings. The highest BCUT2D eigenvalue weighted by molar-refractivity contribution is 5.65. The third-order valence-corrected chi connectivity index (χ3v) is 1.87. The van der Waals surface area contributed by atoms with Crippen LogP contribution in [0.1, 0.15) is 12.5 Å². The molecule has 2 N–H and O–H groups in total. The summed E-state index contributed by atoms with van der Waals surface area (Å²) in [4.78, 5) is 0. The predicted octanol–water partition coefficient (Wildman–Crippen LogP) is 2.28. The maximum atomic E-state index is 5.74. The van der Waals surface area contributed by atoms with Crippen LogP contribution < -0.4 is 10.5 Å². The van der Waals surface area contributed by atoms with Crippen molar-refractivity contribution in [2.24, 2.45) is 0 Å². The lowest BCUT2D eigenvalue weighted by Gasteiger charge is -2.09. The third-order valence-electron chi connectivity index (χ3n) is 1.87. The minimum atomic E-state index is 0.589. The molecule has 0 unspecified atom stereocenters. The van der Waals surface area contributed by atoms with E-state index in [0.717, 1.165) is 5.56 Å². The quantitative estimate of drug-likeness (QED) is 0.589. The topological polar surface area (TPSA) is 44.5 Å². The Kier molecular flexibility index (Phi) is 3.40. The molecule has 0 aliphatic rings. The average Bonchev–Trinajstić information content (AvgIpc) is 2.18. The second-order valence-electron chi connectivity index (χ2n) is 2.81. The van der Waals surface area contributed by atoms with Crippen molar-refractivity contribution in [3.8, 4) is 5.75 Å². The molecule has 3 nitrogen and oxygen atoms in total. The van der Waals surface area contributed by atoms with Crippen molar-refractivity contribution in [2.75, 3.05) is 19.5 Å². The molecule has 0 radical (unpaired) electrons. The fourth-order valence-corrected chi connectivity index (χ4v) is 1.17. The number of nitrogen functional groups attached to an aromatic ring is 1. The molecule has 0 fully saturated rings. The van der Waals surface area contributed by atoms with Gasteiger partial charge in [-0.1, -0.05) is 6.58 Å². The summed E-state index contributed by atoms with van der Waals surface area (Å²) in [6, 6.07) is 5.46. The molecule has 0 amide bonds. The largest absolute Gasteiger partial charge is 0.495 e. The van der Waals surface area contributed by atoms with Crippen LogP contribution in [0.2, 0.25) is 0 Å². The van der Waals surface area contributed by atoms with Crippen LogP contribution in [0.3, 0.4) is 0 Å². The van der Waals surface area contributed by atoms with Gasteiger partial charge in [0.25, 0.3) is 0 Å². The summed E-state index contributed by atoms with van der Waals surface area (Å²) in [6.07, 6.45) is 0. The van der Waals surface area contributed by atoms with E-state index in [4.69, 9.17) is 15.2 Å². The summed E-state index contributed by atoms with van der Waals surface area (Å²) in [5.41, 5.74) is 7.21. The highest BCUT2D eigenvalue weighted by Crippen LogP contribution is 2.25. The van der Waals surface area contributed by atoms with Gasteiger partial charge in [-0.05, 0) is 25.1 Å². The Morgan fingerprint density at radius 1 is 1.50 bits per heavy atom. The molecule has 1 aromatic carbocycles. The van der Waals surface area contributed by atoms with Gasteiger partial charge in [0, 0.05) is 5.56 Å². The molecule has 1 rings (SSSR count). The zero-order valence-corrected chi connectivity index (χ0v) is 8.54. The molecule has 0 heterocycles. The lowest BCUT2D eigenvalue weighted by molar-refractivity contribution is 0.299. The molecular formula is C11H15NO2. The fraction of sp³-hybridized carbons (Fsp3) is 0.273. The molecule has 0 saturated carbocycles. The standard InChI is InChI=1S/C11H15NO2/c1-4-14-8(2)9-5-6-11(13-3)10(12)7-9/h5-7H,2,4,12H2,1,3H3. The Labute approximate surface area is 84.1 Å². The van der Waals surface area contributed by atoms with Gasteiger partial charge < -0.3 is 15.2 Å². The molecule has 0 aliphatic heterocycles. The van der Waals surface area contributed by atoms with E-state index in [2.05, 4.69) is 6.58 Å². The smallest absolute Gasteiger partial charge is 0.141 e. The molecule has 0 aromatic heterocycles. The lowest BCUT2D eigenvalue weighted by Crippen LogP contribution is -1.95. The minimum Gasteiger partial charge on any atom is -0.495 e. The molecule has 0 bridgehead atoms. The Balaban J connectivity index is 2.91. The van der Waals surface area contributed by atoms with Crippen molar-refractivity contribution in [1.82, 2.24) is 0 Å². The summed E-state index contributed by atoms with van der Waals surface area (Å²) in [7, 11) is 1.59. The number of benzene rings is 1. The van der Waals surface area contributed by atoms with E-state index in [0.29, 0.717) is 23.8 Å². The summed E-state index contributed by atoms with van der Waals surface area (Å²) < 4.78 is 10.3. The van der Waals surface area contributed by atoms with Gasteiger partial charge in [0.1, 0.15) is 11.5 Å². The van der Waals surface area contributed by atoms with Crippen LogP contribution in [0, 0.1) is 0 Å². The van der Waals surface area contributed by atoms with Crippen LogP contribution in [0.15, 0.2) is 24.8 Å². The number of anilines is 1. The zero-order valence-electron chi connectivity index (χ0n) is 8.54. The first-order chi connectivity index (χ1) is 6.69. The summed E-state index contributed by atoms with van der Waals surface area (Å²) in [5.74, 6) is 1.29. The second-order valence-corrected chi connectivity index (χ2v) is 2.81. The lowest BCUT2D eigenvalue weighted by atomic mass is 10.1. The van der Waals surface area contributed by atoms with E-state index >= 15 is 0 Å². The van der Waals surface area contributed by atoms with Crippen LogP contribution in [0.25, 0.3) is 5.76 Å². The number of hydrogen-bond acceptors (Lipinski definition) is 3. The highest BCUT2D eigenvalue weighted by Gasteiger charge is 2.03. The van der Waals surface area contributed by atoms with Gasteiger partial charge in [-0.2, -0.15) is 0 Å². The number of rotatable bonds is 4. The first-order valence-corrected chi connectivity index (χ1v) is 4.44. The van der Waals surface area contributed by atoms with E-state index in [1.54, 1.807) is 19.2 Å². The van der Waals surface area contributed by atoms with Crippen LogP contribution in [0.4, 0.5) is 5.69 Å². The van der Waals surface area contributed by atoms with Gasteiger partial charge in [0.2, 0.25) is 0 Å². The van der Waals surface area contributed by atoms with Crippen molar-refractivity contribution < 1.29 is 9.47 Å². The van der Waals surface area contributed by atoms with E-state index in [1.807, 2.05) is 13.0 Å². The van der Waals surface area contributed by atoms with Gasteiger partial charge in [-0.25, -0.2) is 0 Å². The second kappa shape index (κ2) is 4.56. The van der Waals surface area contributed by atoms with Crippen molar-refractivity contribution in [1.29, 1.82) is 0 Å². The van der Waals surface area contributed by atoms with Gasteiger partial charge in [0.05, 0.1) is 19.4 Å². The number of ether oxygens (including phenoxy) is 2. The molecule has 0 aliphatic carbocycles. The normalized spacial score (nSPS) is 9.57. The van der Waals surface area contributed by atoms with E-state index in [1.165, 1.54) is 0 Å². The highest BCUT2D eigenvalue weighted by atomic mass is 16.5. The van der Waals surface area contributed by atoms with Crippen LogP contribution >= 0.6 is 0 Å². The van der Waals surface area contributed by atoms with E-state index in [9.17, 15) is 0 Å². The van der Waals surface area contributed by atoms with Crippen LogP contribution in [-0.4, -0.2) is 13.7 Å². The Morgan fingerprint density at radius 2 is 2.21 bits per heavy atom. The SMILES string of the molecule is C=C(OCC)c1ccc(OC)c(N)c1. The predicted molar refractivity (Wildman–Crippen MR) is 58.1 cm³/mol. The first kappa shape index (κ1) is 10.4. The van der Waals surface area contributed by atoms with Crippen molar-refractivity contribution in [2.45, 2.75) is 6.92 Å². The Morgan fingerprint density at radius 3 is 2.71 bits per heavy atom. The van der Waals surface area contributed by atoms with Crippen molar-refractivity contribution >= 4 is 11.4 Å². The number of methoxy groups -OCH3 is 1. The summed E-state index contributed by atoms with van der Waals surface area (Å²) in [5, 5.41) is 0. The van der Waals surface area contributed by atoms with E-state index < -0.39 is 0 Å². The maximum absolute atomic E-state index is 5.74. The molecule has 0 spiro atoms. The number of nitrogens with two attached hydrogens (primary N) is 1. The monoisotopic (exact) mass is 193 g/mol. The maximum Gasteiger partial charge on any atom is 0.141 e. The first-order valence-electron chi connectivity index (χ1n) is 4.44. The Hall–Kier alpha value is -1.64. The van der Waals surface area contributed by atoms with E-state index in [-0.39, 0.29) is 0 Å². The van der Waals surface area contributed by atoms with Gasteiger partial charge >= 0.3 is 0 Å².